The highest BCUT2D eigenvalue weighted by Crippen LogP contribution is 2.16. The molecule has 0 amide bonds. The summed E-state index contributed by atoms with van der Waals surface area (Å²) in [4.78, 5) is 7.77. The van der Waals surface area contributed by atoms with E-state index in [1.54, 1.807) is 0 Å². The predicted octanol–water partition coefficient (Wildman–Crippen LogP) is 1.49. The summed E-state index contributed by atoms with van der Waals surface area (Å²) in [6, 6.07) is 0.509. The summed E-state index contributed by atoms with van der Waals surface area (Å²) in [6.07, 6.45) is 4.11. The van der Waals surface area contributed by atoms with Crippen LogP contribution < -0.4 is 5.32 Å². The molecular weight excluding hydrogens is 202 g/mol. The zero-order valence-corrected chi connectivity index (χ0v) is 10.1. The summed E-state index contributed by atoms with van der Waals surface area (Å²) in [5.41, 5.74) is 1.17. The third kappa shape index (κ3) is 3.32. The van der Waals surface area contributed by atoms with Gasteiger partial charge < -0.3 is 15.0 Å². The maximum Gasteiger partial charge on any atom is 0.106 e. The lowest BCUT2D eigenvalue weighted by molar-refractivity contribution is 0.185. The van der Waals surface area contributed by atoms with Crippen LogP contribution in [0.5, 0.6) is 0 Å². The molecule has 1 aromatic heterocycles. The van der Waals surface area contributed by atoms with E-state index in [-0.39, 0.29) is 0 Å². The van der Waals surface area contributed by atoms with E-state index >= 15 is 0 Å². The van der Waals surface area contributed by atoms with Crippen molar-refractivity contribution in [3.63, 3.8) is 0 Å². The van der Waals surface area contributed by atoms with E-state index in [0.29, 0.717) is 12.0 Å². The van der Waals surface area contributed by atoms with Crippen LogP contribution in [0.4, 0.5) is 0 Å². The van der Waals surface area contributed by atoms with Crippen molar-refractivity contribution in [2.75, 3.05) is 13.2 Å². The number of hydrogen-bond donors (Lipinski definition) is 2. The van der Waals surface area contributed by atoms with Crippen LogP contribution in [0.1, 0.15) is 31.8 Å². The quantitative estimate of drug-likeness (QED) is 0.795. The van der Waals surface area contributed by atoms with Crippen LogP contribution in [0.25, 0.3) is 0 Å². The van der Waals surface area contributed by atoms with Crippen LogP contribution in [0.2, 0.25) is 0 Å². The van der Waals surface area contributed by atoms with E-state index in [9.17, 15) is 0 Å². The SMILES string of the molecule is CC(C)NCc1cnc(CC2CCOC2)[nH]1. The van der Waals surface area contributed by atoms with Crippen LogP contribution >= 0.6 is 0 Å². The van der Waals surface area contributed by atoms with E-state index in [4.69, 9.17) is 4.74 Å². The minimum absolute atomic E-state index is 0.509. The van der Waals surface area contributed by atoms with E-state index in [2.05, 4.69) is 29.1 Å². The second-order valence-corrected chi connectivity index (χ2v) is 4.82. The molecule has 2 heterocycles. The van der Waals surface area contributed by atoms with Gasteiger partial charge in [0, 0.05) is 44.1 Å². The number of hydrogen-bond acceptors (Lipinski definition) is 3. The van der Waals surface area contributed by atoms with Gasteiger partial charge >= 0.3 is 0 Å². The molecule has 0 spiro atoms. The van der Waals surface area contributed by atoms with Gasteiger partial charge in [0.2, 0.25) is 0 Å². The number of nitrogens with zero attached hydrogens (tertiary/aromatic N) is 1. The molecule has 4 heteroatoms. The van der Waals surface area contributed by atoms with Crippen molar-refractivity contribution in [1.29, 1.82) is 0 Å². The number of imidazole rings is 1. The lowest BCUT2D eigenvalue weighted by Gasteiger charge is -2.06. The van der Waals surface area contributed by atoms with E-state index in [0.717, 1.165) is 32.0 Å². The highest BCUT2D eigenvalue weighted by molar-refractivity contribution is 5.02. The maximum absolute atomic E-state index is 5.36. The first-order valence-electron chi connectivity index (χ1n) is 6.08. The van der Waals surface area contributed by atoms with Gasteiger partial charge in [0.1, 0.15) is 5.82 Å². The standard InChI is InChI=1S/C12H21N3O/c1-9(2)13-6-11-7-14-12(15-11)5-10-3-4-16-8-10/h7,9-10,13H,3-6,8H2,1-2H3,(H,14,15). The molecular formula is C12H21N3O. The molecule has 0 bridgehead atoms. The Balaban J connectivity index is 1.81. The summed E-state index contributed by atoms with van der Waals surface area (Å²) < 4.78 is 5.36. The number of aromatic nitrogens is 2. The van der Waals surface area contributed by atoms with Crippen molar-refractivity contribution < 1.29 is 4.74 Å². The predicted molar refractivity (Wildman–Crippen MR) is 63.2 cm³/mol. The molecule has 16 heavy (non-hydrogen) atoms. The van der Waals surface area contributed by atoms with Crippen LogP contribution in [-0.2, 0) is 17.7 Å². The van der Waals surface area contributed by atoms with Gasteiger partial charge in [-0.25, -0.2) is 4.98 Å². The van der Waals surface area contributed by atoms with Crippen molar-refractivity contribution in [1.82, 2.24) is 15.3 Å². The third-order valence-electron chi connectivity index (χ3n) is 2.89. The molecule has 1 unspecified atom stereocenters. The van der Waals surface area contributed by atoms with Gasteiger partial charge in [-0.15, -0.1) is 0 Å². The number of ether oxygens (including phenoxy) is 1. The average molecular weight is 223 g/mol. The van der Waals surface area contributed by atoms with Gasteiger partial charge in [0.15, 0.2) is 0 Å². The van der Waals surface area contributed by atoms with Crippen LogP contribution in [0, 0.1) is 5.92 Å². The van der Waals surface area contributed by atoms with Gasteiger partial charge in [-0.3, -0.25) is 0 Å². The monoisotopic (exact) mass is 223 g/mol. The van der Waals surface area contributed by atoms with Crippen molar-refractivity contribution in [2.24, 2.45) is 5.92 Å². The largest absolute Gasteiger partial charge is 0.381 e. The van der Waals surface area contributed by atoms with Gasteiger partial charge in [-0.2, -0.15) is 0 Å². The Morgan fingerprint density at radius 1 is 1.62 bits per heavy atom. The zero-order valence-electron chi connectivity index (χ0n) is 10.1. The molecule has 2 rings (SSSR count). The highest BCUT2D eigenvalue weighted by atomic mass is 16.5. The molecule has 4 nitrogen and oxygen atoms in total. The molecule has 1 saturated heterocycles. The summed E-state index contributed by atoms with van der Waals surface area (Å²) in [5, 5.41) is 3.37. The van der Waals surface area contributed by atoms with E-state index < -0.39 is 0 Å². The number of rotatable bonds is 5. The lowest BCUT2D eigenvalue weighted by Crippen LogP contribution is -2.22. The van der Waals surface area contributed by atoms with Gasteiger partial charge in [0.05, 0.1) is 0 Å². The molecule has 0 aliphatic carbocycles. The Morgan fingerprint density at radius 3 is 3.19 bits per heavy atom. The van der Waals surface area contributed by atoms with Crippen LogP contribution in [0.15, 0.2) is 6.20 Å². The molecule has 0 saturated carbocycles. The number of H-pyrrole nitrogens is 1. The smallest absolute Gasteiger partial charge is 0.106 e. The summed E-state index contributed by atoms with van der Waals surface area (Å²) in [6.45, 7) is 6.96. The molecule has 90 valence electrons. The Labute approximate surface area is 96.8 Å². The highest BCUT2D eigenvalue weighted by Gasteiger charge is 2.17. The second-order valence-electron chi connectivity index (χ2n) is 4.82. The minimum atomic E-state index is 0.509. The van der Waals surface area contributed by atoms with Crippen LogP contribution in [-0.4, -0.2) is 29.2 Å². The fraction of sp³-hybridized carbons (Fsp3) is 0.750. The fourth-order valence-corrected chi connectivity index (χ4v) is 1.93. The molecule has 2 N–H and O–H groups in total. The lowest BCUT2D eigenvalue weighted by atomic mass is 10.1. The first-order valence-corrected chi connectivity index (χ1v) is 6.08. The molecule has 1 fully saturated rings. The first kappa shape index (κ1) is 11.6. The normalized spacial score (nSPS) is 20.8. The zero-order chi connectivity index (χ0) is 11.4. The number of aromatic amines is 1. The molecule has 1 aliphatic heterocycles. The minimum Gasteiger partial charge on any atom is -0.381 e. The van der Waals surface area contributed by atoms with Crippen LogP contribution in [0.3, 0.4) is 0 Å². The summed E-state index contributed by atoms with van der Waals surface area (Å²) in [7, 11) is 0. The van der Waals surface area contributed by atoms with Crippen molar-refractivity contribution in [3.8, 4) is 0 Å². The topological polar surface area (TPSA) is 49.9 Å². The Kier molecular flexibility index (Phi) is 3.96. The molecule has 1 aromatic rings. The second kappa shape index (κ2) is 5.46. The molecule has 0 radical (unpaired) electrons. The summed E-state index contributed by atoms with van der Waals surface area (Å²) in [5.74, 6) is 1.74. The Morgan fingerprint density at radius 2 is 2.50 bits per heavy atom. The van der Waals surface area contributed by atoms with Gasteiger partial charge in [-0.05, 0) is 12.3 Å². The molecule has 1 atom stereocenters. The fourth-order valence-electron chi connectivity index (χ4n) is 1.93. The van der Waals surface area contributed by atoms with Gasteiger partial charge in [0.25, 0.3) is 0 Å². The Hall–Kier alpha value is -0.870. The first-order chi connectivity index (χ1) is 7.74. The molecule has 1 aliphatic rings. The van der Waals surface area contributed by atoms with Crippen molar-refractivity contribution in [3.05, 3.63) is 17.7 Å². The van der Waals surface area contributed by atoms with E-state index in [1.165, 1.54) is 12.1 Å². The van der Waals surface area contributed by atoms with Gasteiger partial charge in [-0.1, -0.05) is 13.8 Å². The van der Waals surface area contributed by atoms with E-state index in [1.807, 2.05) is 6.20 Å². The number of nitrogens with one attached hydrogen (secondary N) is 2. The summed E-state index contributed by atoms with van der Waals surface area (Å²) >= 11 is 0. The molecule has 0 aromatic carbocycles. The Bertz CT molecular complexity index is 316. The third-order valence-corrected chi connectivity index (χ3v) is 2.89. The van der Waals surface area contributed by atoms with Crippen molar-refractivity contribution >= 4 is 0 Å². The average Bonchev–Trinajstić information content (AvgIpc) is 2.87. The maximum atomic E-state index is 5.36. The van der Waals surface area contributed by atoms with Crippen molar-refractivity contribution in [2.45, 2.75) is 39.3 Å².